The molecule has 0 aliphatic carbocycles. The first-order valence-electron chi connectivity index (χ1n) is 10.2. The standard InChI is InChI=1S/C21H24N6O4S/c1-3-31-19-17(15-12-22-23-13-15)7-8-27-20(19)25-21(26-27)24-18-6-5-16(11-14(18)2)32(29,30)10-4-9-28/h5-8,11-13,28H,3-4,9-10H2,1-2H3,(H,22,23)(H,24,26). The summed E-state index contributed by atoms with van der Waals surface area (Å²) in [6, 6.07) is 6.72. The first-order chi connectivity index (χ1) is 15.4. The molecule has 3 N–H and O–H groups in total. The Kier molecular flexibility index (Phi) is 6.10. The van der Waals surface area contributed by atoms with Crippen molar-refractivity contribution in [2.24, 2.45) is 0 Å². The molecule has 3 aromatic heterocycles. The van der Waals surface area contributed by atoms with Crippen LogP contribution in [0.15, 0.2) is 47.8 Å². The van der Waals surface area contributed by atoms with Gasteiger partial charge in [0.15, 0.2) is 21.2 Å². The van der Waals surface area contributed by atoms with E-state index < -0.39 is 9.84 Å². The van der Waals surface area contributed by atoms with Crippen LogP contribution in [0.5, 0.6) is 5.75 Å². The summed E-state index contributed by atoms with van der Waals surface area (Å²) in [6.45, 7) is 4.01. The molecule has 1 aromatic carbocycles. The maximum atomic E-state index is 12.4. The van der Waals surface area contributed by atoms with E-state index in [1.807, 2.05) is 19.9 Å². The Labute approximate surface area is 185 Å². The lowest BCUT2D eigenvalue weighted by Gasteiger charge is -2.09. The van der Waals surface area contributed by atoms with Crippen LogP contribution in [0.1, 0.15) is 18.9 Å². The van der Waals surface area contributed by atoms with Crippen molar-refractivity contribution in [3.05, 3.63) is 48.4 Å². The van der Waals surface area contributed by atoms with Crippen LogP contribution in [-0.4, -0.2) is 57.3 Å². The van der Waals surface area contributed by atoms with Crippen LogP contribution < -0.4 is 10.1 Å². The van der Waals surface area contributed by atoms with Crippen LogP contribution in [-0.2, 0) is 9.84 Å². The average molecular weight is 457 g/mol. The first-order valence-corrected chi connectivity index (χ1v) is 11.8. The number of nitrogens with one attached hydrogen (secondary N) is 2. The zero-order valence-corrected chi connectivity index (χ0v) is 18.6. The summed E-state index contributed by atoms with van der Waals surface area (Å²) in [6.07, 6.45) is 5.49. The third-order valence-electron chi connectivity index (χ3n) is 4.93. The number of ether oxygens (including phenoxy) is 1. The first kappa shape index (κ1) is 21.8. The van der Waals surface area contributed by atoms with E-state index in [9.17, 15) is 8.42 Å². The second-order valence-electron chi connectivity index (χ2n) is 7.18. The molecule has 4 aromatic rings. The SMILES string of the molecule is CCOc1c(-c2cn[nH]c2)ccn2nc(Nc3ccc(S(=O)(=O)CCCO)cc3C)nc12. The number of fused-ring (bicyclic) bond motifs is 1. The Morgan fingerprint density at radius 2 is 2.12 bits per heavy atom. The fraction of sp³-hybridized carbons (Fsp3) is 0.286. The molecule has 32 heavy (non-hydrogen) atoms. The highest BCUT2D eigenvalue weighted by atomic mass is 32.2. The molecule has 0 aliphatic heterocycles. The Bertz CT molecular complexity index is 1330. The maximum absolute atomic E-state index is 12.4. The molecule has 3 heterocycles. The molecule has 168 valence electrons. The van der Waals surface area contributed by atoms with Crippen molar-refractivity contribution in [1.82, 2.24) is 24.8 Å². The number of anilines is 2. The molecule has 0 radical (unpaired) electrons. The molecule has 0 spiro atoms. The number of rotatable bonds is 9. The van der Waals surface area contributed by atoms with Crippen molar-refractivity contribution in [2.45, 2.75) is 25.2 Å². The molecule has 0 bridgehead atoms. The predicted octanol–water partition coefficient (Wildman–Crippen LogP) is 2.73. The van der Waals surface area contributed by atoms with E-state index in [0.29, 0.717) is 29.6 Å². The Balaban J connectivity index is 1.66. The van der Waals surface area contributed by atoms with Gasteiger partial charge in [0.05, 0.1) is 23.5 Å². The molecular weight excluding hydrogens is 432 g/mol. The van der Waals surface area contributed by atoms with Gasteiger partial charge in [0, 0.05) is 35.8 Å². The number of aromatic amines is 1. The summed E-state index contributed by atoms with van der Waals surface area (Å²) in [5, 5.41) is 23.3. The van der Waals surface area contributed by atoms with Crippen molar-refractivity contribution in [3.8, 4) is 16.9 Å². The summed E-state index contributed by atoms with van der Waals surface area (Å²) in [4.78, 5) is 4.81. The van der Waals surface area contributed by atoms with E-state index in [0.717, 1.165) is 16.7 Å². The van der Waals surface area contributed by atoms with Gasteiger partial charge in [0.1, 0.15) is 0 Å². The third kappa shape index (κ3) is 4.30. The van der Waals surface area contributed by atoms with Crippen molar-refractivity contribution in [3.63, 3.8) is 0 Å². The molecule has 0 saturated heterocycles. The summed E-state index contributed by atoms with van der Waals surface area (Å²) in [7, 11) is -3.44. The van der Waals surface area contributed by atoms with E-state index in [4.69, 9.17) is 9.84 Å². The van der Waals surface area contributed by atoms with Crippen molar-refractivity contribution < 1.29 is 18.3 Å². The molecule has 0 aliphatic rings. The molecule has 0 atom stereocenters. The monoisotopic (exact) mass is 456 g/mol. The number of sulfone groups is 1. The molecule has 0 fully saturated rings. The second kappa shape index (κ2) is 8.97. The number of hydrogen-bond acceptors (Lipinski definition) is 8. The van der Waals surface area contributed by atoms with Gasteiger partial charge in [-0.2, -0.15) is 10.1 Å². The topological polar surface area (TPSA) is 134 Å². The number of aliphatic hydroxyl groups excluding tert-OH is 1. The van der Waals surface area contributed by atoms with Crippen LogP contribution in [0.25, 0.3) is 16.8 Å². The van der Waals surface area contributed by atoms with Crippen LogP contribution in [0.4, 0.5) is 11.6 Å². The Hall–Kier alpha value is -3.44. The van der Waals surface area contributed by atoms with E-state index in [1.165, 1.54) is 0 Å². The predicted molar refractivity (Wildman–Crippen MR) is 120 cm³/mol. The Morgan fingerprint density at radius 1 is 1.28 bits per heavy atom. The van der Waals surface area contributed by atoms with Crippen LogP contribution in [0, 0.1) is 6.92 Å². The van der Waals surface area contributed by atoms with Gasteiger partial charge in [-0.05, 0) is 50.1 Å². The molecule has 4 rings (SSSR count). The minimum absolute atomic E-state index is 0.0943. The Morgan fingerprint density at radius 3 is 2.81 bits per heavy atom. The summed E-state index contributed by atoms with van der Waals surface area (Å²) in [5.41, 5.74) is 3.70. The minimum Gasteiger partial charge on any atom is -0.489 e. The van der Waals surface area contributed by atoms with E-state index in [-0.39, 0.29) is 23.7 Å². The maximum Gasteiger partial charge on any atom is 0.247 e. The van der Waals surface area contributed by atoms with Gasteiger partial charge in [-0.25, -0.2) is 12.9 Å². The normalized spacial score (nSPS) is 11.7. The van der Waals surface area contributed by atoms with Gasteiger partial charge in [-0.3, -0.25) is 5.10 Å². The lowest BCUT2D eigenvalue weighted by Crippen LogP contribution is -2.09. The summed E-state index contributed by atoms with van der Waals surface area (Å²) < 4.78 is 32.3. The highest BCUT2D eigenvalue weighted by Crippen LogP contribution is 2.33. The fourth-order valence-electron chi connectivity index (χ4n) is 3.35. The summed E-state index contributed by atoms with van der Waals surface area (Å²) >= 11 is 0. The zero-order chi connectivity index (χ0) is 22.7. The van der Waals surface area contributed by atoms with E-state index in [2.05, 4.69) is 25.6 Å². The third-order valence-corrected chi connectivity index (χ3v) is 6.73. The number of aliphatic hydroxyl groups is 1. The number of benzene rings is 1. The molecule has 0 saturated carbocycles. The minimum atomic E-state index is -3.44. The second-order valence-corrected chi connectivity index (χ2v) is 9.29. The fourth-order valence-corrected chi connectivity index (χ4v) is 4.73. The van der Waals surface area contributed by atoms with Crippen LogP contribution in [0.3, 0.4) is 0 Å². The number of pyridine rings is 1. The van der Waals surface area contributed by atoms with Crippen LogP contribution >= 0.6 is 0 Å². The van der Waals surface area contributed by atoms with Gasteiger partial charge in [-0.1, -0.05) is 0 Å². The molecule has 0 amide bonds. The lowest BCUT2D eigenvalue weighted by atomic mass is 10.1. The molecule has 10 nitrogen and oxygen atoms in total. The van der Waals surface area contributed by atoms with Gasteiger partial charge in [0.25, 0.3) is 0 Å². The number of nitrogens with zero attached hydrogens (tertiary/aromatic N) is 4. The van der Waals surface area contributed by atoms with Gasteiger partial charge in [0.2, 0.25) is 5.95 Å². The number of aryl methyl sites for hydroxylation is 1. The largest absolute Gasteiger partial charge is 0.489 e. The van der Waals surface area contributed by atoms with E-state index in [1.54, 1.807) is 41.3 Å². The summed E-state index contributed by atoms with van der Waals surface area (Å²) in [5.74, 6) is 0.858. The number of aromatic nitrogens is 5. The highest BCUT2D eigenvalue weighted by molar-refractivity contribution is 7.91. The van der Waals surface area contributed by atoms with Crippen molar-refractivity contribution >= 4 is 27.1 Å². The van der Waals surface area contributed by atoms with Crippen molar-refractivity contribution in [1.29, 1.82) is 0 Å². The van der Waals surface area contributed by atoms with Gasteiger partial charge >= 0.3 is 0 Å². The highest BCUT2D eigenvalue weighted by Gasteiger charge is 2.18. The quantitative estimate of drug-likeness (QED) is 0.350. The van der Waals surface area contributed by atoms with Crippen molar-refractivity contribution in [2.75, 3.05) is 24.3 Å². The number of H-pyrrole nitrogens is 1. The molecular formula is C21H24N6O4S. The zero-order valence-electron chi connectivity index (χ0n) is 17.7. The lowest BCUT2D eigenvalue weighted by molar-refractivity contribution is 0.295. The molecule has 11 heteroatoms. The number of hydrogen-bond donors (Lipinski definition) is 3. The average Bonchev–Trinajstić information content (AvgIpc) is 3.44. The van der Waals surface area contributed by atoms with Gasteiger partial charge < -0.3 is 15.2 Å². The van der Waals surface area contributed by atoms with Crippen LogP contribution in [0.2, 0.25) is 0 Å². The van der Waals surface area contributed by atoms with E-state index >= 15 is 0 Å². The van der Waals surface area contributed by atoms with Gasteiger partial charge in [-0.15, -0.1) is 5.10 Å². The smallest absolute Gasteiger partial charge is 0.247 e. The molecule has 0 unspecified atom stereocenters.